The topological polar surface area (TPSA) is 72.9 Å². The van der Waals surface area contributed by atoms with Gasteiger partial charge in [0.05, 0.1) is 18.4 Å². The van der Waals surface area contributed by atoms with Crippen LogP contribution in [0.3, 0.4) is 0 Å². The molecule has 5 heteroatoms. The van der Waals surface area contributed by atoms with Crippen molar-refractivity contribution in [3.05, 3.63) is 12.4 Å². The van der Waals surface area contributed by atoms with E-state index in [0.29, 0.717) is 18.8 Å². The van der Waals surface area contributed by atoms with Crippen LogP contribution >= 0.6 is 0 Å². The van der Waals surface area contributed by atoms with Crippen LogP contribution < -0.4 is 11.1 Å². The molecule has 0 atom stereocenters. The zero-order valence-electron chi connectivity index (χ0n) is 11.5. The van der Waals surface area contributed by atoms with Gasteiger partial charge in [-0.1, -0.05) is 32.1 Å². The first-order valence-corrected chi connectivity index (χ1v) is 7.31. The van der Waals surface area contributed by atoms with Gasteiger partial charge in [-0.05, 0) is 12.8 Å². The molecule has 19 heavy (non-hydrogen) atoms. The summed E-state index contributed by atoms with van der Waals surface area (Å²) in [4.78, 5) is 12.1. The number of hydrogen-bond acceptors (Lipinski definition) is 3. The number of nitrogens with zero attached hydrogens (tertiary/aromatic N) is 2. The number of amides is 1. The zero-order chi connectivity index (χ0) is 13.5. The second kappa shape index (κ2) is 7.16. The summed E-state index contributed by atoms with van der Waals surface area (Å²) in [6.45, 7) is 1.30. The van der Waals surface area contributed by atoms with E-state index in [1.54, 1.807) is 17.1 Å². The number of carbonyl (C=O) groups is 1. The second-order valence-electron chi connectivity index (χ2n) is 5.37. The van der Waals surface area contributed by atoms with Gasteiger partial charge in [0.2, 0.25) is 5.91 Å². The second-order valence-corrected chi connectivity index (χ2v) is 5.37. The fourth-order valence-electron chi connectivity index (χ4n) is 2.66. The van der Waals surface area contributed by atoms with Crippen molar-refractivity contribution >= 4 is 11.6 Å². The third kappa shape index (κ3) is 4.58. The maximum absolute atomic E-state index is 12.1. The molecule has 0 aromatic carbocycles. The summed E-state index contributed by atoms with van der Waals surface area (Å²) in [6.07, 6.45) is 11.7. The minimum atomic E-state index is 0.210. The van der Waals surface area contributed by atoms with Gasteiger partial charge in [-0.3, -0.25) is 9.48 Å². The molecule has 1 aromatic heterocycles. The molecule has 0 aliphatic heterocycles. The normalized spacial score (nSPS) is 17.7. The van der Waals surface area contributed by atoms with Crippen molar-refractivity contribution in [2.24, 2.45) is 5.92 Å². The molecule has 5 nitrogen and oxygen atoms in total. The molecule has 1 fully saturated rings. The van der Waals surface area contributed by atoms with E-state index in [1.807, 2.05) is 0 Å². The Labute approximate surface area is 114 Å². The van der Waals surface area contributed by atoms with Gasteiger partial charge in [0.25, 0.3) is 0 Å². The van der Waals surface area contributed by atoms with Gasteiger partial charge >= 0.3 is 0 Å². The molecular formula is C14H24N4O. The van der Waals surface area contributed by atoms with Crippen LogP contribution in [0, 0.1) is 5.92 Å². The van der Waals surface area contributed by atoms with Crippen LogP contribution in [0.15, 0.2) is 12.4 Å². The van der Waals surface area contributed by atoms with Gasteiger partial charge < -0.3 is 11.1 Å². The third-order valence-corrected chi connectivity index (χ3v) is 3.77. The molecule has 1 amide bonds. The molecular weight excluding hydrogens is 240 g/mol. The SMILES string of the molecule is Nc1cnn(CCNC(=O)C2CCCCCCC2)c1. The van der Waals surface area contributed by atoms with Gasteiger partial charge in [-0.25, -0.2) is 0 Å². The van der Waals surface area contributed by atoms with Crippen LogP contribution in [-0.2, 0) is 11.3 Å². The summed E-state index contributed by atoms with van der Waals surface area (Å²) in [5.74, 6) is 0.421. The van der Waals surface area contributed by atoms with E-state index in [4.69, 9.17) is 5.73 Å². The summed E-state index contributed by atoms with van der Waals surface area (Å²) >= 11 is 0. The monoisotopic (exact) mass is 264 g/mol. The number of carbonyl (C=O) groups excluding carboxylic acids is 1. The fourth-order valence-corrected chi connectivity index (χ4v) is 2.66. The number of aromatic nitrogens is 2. The number of anilines is 1. The lowest BCUT2D eigenvalue weighted by Gasteiger charge is -2.19. The standard InChI is InChI=1S/C14H24N4O/c15-13-10-17-18(11-13)9-8-16-14(19)12-6-4-2-1-3-5-7-12/h10-12H,1-9,15H2,(H,16,19). The van der Waals surface area contributed by atoms with Gasteiger partial charge in [0.1, 0.15) is 0 Å². The summed E-state index contributed by atoms with van der Waals surface area (Å²) in [7, 11) is 0. The average molecular weight is 264 g/mol. The van der Waals surface area contributed by atoms with Gasteiger partial charge in [0, 0.05) is 18.7 Å². The molecule has 1 saturated carbocycles. The highest BCUT2D eigenvalue weighted by Gasteiger charge is 2.18. The Kier molecular flexibility index (Phi) is 5.24. The summed E-state index contributed by atoms with van der Waals surface area (Å²) < 4.78 is 1.76. The minimum absolute atomic E-state index is 0.210. The Balaban J connectivity index is 1.70. The highest BCUT2D eigenvalue weighted by molar-refractivity contribution is 5.78. The molecule has 0 saturated heterocycles. The summed E-state index contributed by atoms with van der Waals surface area (Å²) in [5.41, 5.74) is 6.25. The van der Waals surface area contributed by atoms with Gasteiger partial charge in [0.15, 0.2) is 0 Å². The molecule has 0 unspecified atom stereocenters. The average Bonchev–Trinajstić information content (AvgIpc) is 2.74. The molecule has 1 aromatic rings. The van der Waals surface area contributed by atoms with E-state index in [-0.39, 0.29) is 11.8 Å². The van der Waals surface area contributed by atoms with Crippen LogP contribution in [0.4, 0.5) is 5.69 Å². The Morgan fingerprint density at radius 3 is 2.63 bits per heavy atom. The van der Waals surface area contributed by atoms with Crippen molar-refractivity contribution in [2.45, 2.75) is 51.5 Å². The van der Waals surface area contributed by atoms with E-state index >= 15 is 0 Å². The Hall–Kier alpha value is -1.52. The lowest BCUT2D eigenvalue weighted by molar-refractivity contribution is -0.125. The van der Waals surface area contributed by atoms with Crippen LogP contribution in [0.5, 0.6) is 0 Å². The first-order valence-electron chi connectivity index (χ1n) is 7.31. The zero-order valence-corrected chi connectivity index (χ0v) is 11.5. The Morgan fingerprint density at radius 1 is 1.32 bits per heavy atom. The van der Waals surface area contributed by atoms with Gasteiger partial charge in [-0.2, -0.15) is 5.10 Å². The molecule has 106 valence electrons. The predicted octanol–water partition coefficient (Wildman–Crippen LogP) is 1.94. The third-order valence-electron chi connectivity index (χ3n) is 3.77. The Morgan fingerprint density at radius 2 is 2.00 bits per heavy atom. The minimum Gasteiger partial charge on any atom is -0.396 e. The fraction of sp³-hybridized carbons (Fsp3) is 0.714. The van der Waals surface area contributed by atoms with E-state index in [9.17, 15) is 4.79 Å². The first-order chi connectivity index (χ1) is 9.25. The van der Waals surface area contributed by atoms with Crippen molar-refractivity contribution in [3.8, 4) is 0 Å². The van der Waals surface area contributed by atoms with Crippen molar-refractivity contribution < 1.29 is 4.79 Å². The van der Waals surface area contributed by atoms with Crippen LogP contribution in [-0.4, -0.2) is 22.2 Å². The maximum Gasteiger partial charge on any atom is 0.223 e. The van der Waals surface area contributed by atoms with Crippen molar-refractivity contribution in [1.29, 1.82) is 0 Å². The quantitative estimate of drug-likeness (QED) is 0.873. The lowest BCUT2D eigenvalue weighted by Crippen LogP contribution is -2.33. The van der Waals surface area contributed by atoms with E-state index in [0.717, 1.165) is 12.8 Å². The Bertz CT molecular complexity index is 394. The van der Waals surface area contributed by atoms with Crippen LogP contribution in [0.2, 0.25) is 0 Å². The number of nitrogens with one attached hydrogen (secondary N) is 1. The van der Waals surface area contributed by atoms with Crippen molar-refractivity contribution in [1.82, 2.24) is 15.1 Å². The van der Waals surface area contributed by atoms with Crippen molar-refractivity contribution in [2.75, 3.05) is 12.3 Å². The molecule has 1 heterocycles. The molecule has 1 aliphatic carbocycles. The summed E-state index contributed by atoms with van der Waals surface area (Å²) in [5, 5.41) is 7.11. The first kappa shape index (κ1) is 13.9. The molecule has 0 bridgehead atoms. The number of rotatable bonds is 4. The van der Waals surface area contributed by atoms with E-state index < -0.39 is 0 Å². The molecule has 0 spiro atoms. The van der Waals surface area contributed by atoms with Gasteiger partial charge in [-0.15, -0.1) is 0 Å². The van der Waals surface area contributed by atoms with E-state index in [1.165, 1.54) is 32.1 Å². The maximum atomic E-state index is 12.1. The van der Waals surface area contributed by atoms with Crippen LogP contribution in [0.1, 0.15) is 44.9 Å². The molecule has 1 aliphatic rings. The number of nitrogen functional groups attached to an aromatic ring is 1. The molecule has 0 radical (unpaired) electrons. The molecule has 3 N–H and O–H groups in total. The summed E-state index contributed by atoms with van der Waals surface area (Å²) in [6, 6.07) is 0. The number of hydrogen-bond donors (Lipinski definition) is 2. The van der Waals surface area contributed by atoms with E-state index in [2.05, 4.69) is 10.4 Å². The lowest BCUT2D eigenvalue weighted by atomic mass is 9.90. The predicted molar refractivity (Wildman–Crippen MR) is 75.5 cm³/mol. The smallest absolute Gasteiger partial charge is 0.223 e. The number of nitrogens with two attached hydrogens (primary N) is 1. The highest BCUT2D eigenvalue weighted by atomic mass is 16.1. The highest BCUT2D eigenvalue weighted by Crippen LogP contribution is 2.22. The molecule has 2 rings (SSSR count). The largest absolute Gasteiger partial charge is 0.396 e. The van der Waals surface area contributed by atoms with Crippen LogP contribution in [0.25, 0.3) is 0 Å². The van der Waals surface area contributed by atoms with Crippen molar-refractivity contribution in [3.63, 3.8) is 0 Å².